The van der Waals surface area contributed by atoms with E-state index in [9.17, 15) is 4.79 Å². The number of nitrogens with zero attached hydrogens (tertiary/aromatic N) is 4. The molecule has 0 aliphatic rings. The second kappa shape index (κ2) is 9.92. The fourth-order valence-corrected chi connectivity index (χ4v) is 3.68. The van der Waals surface area contributed by atoms with Crippen LogP contribution in [0.5, 0.6) is 0 Å². The molecule has 0 aliphatic carbocycles. The summed E-state index contributed by atoms with van der Waals surface area (Å²) in [7, 11) is 1.83. The first-order valence-electron chi connectivity index (χ1n) is 10.7. The smallest absolute Gasteiger partial charge is 0.318 e. The lowest BCUT2D eigenvalue weighted by Gasteiger charge is -2.29. The van der Waals surface area contributed by atoms with Gasteiger partial charge in [0.1, 0.15) is 12.7 Å². The van der Waals surface area contributed by atoms with Crippen molar-refractivity contribution in [3.8, 4) is 5.69 Å². The summed E-state index contributed by atoms with van der Waals surface area (Å²) in [5, 5.41) is 7.38. The molecule has 1 heterocycles. The molecule has 0 saturated carbocycles. The van der Waals surface area contributed by atoms with E-state index in [1.807, 2.05) is 74.6 Å². The Bertz CT molecular complexity index is 1110. The maximum Gasteiger partial charge on any atom is 0.318 e. The van der Waals surface area contributed by atoms with E-state index in [0.717, 1.165) is 23.2 Å². The van der Waals surface area contributed by atoms with Crippen LogP contribution >= 0.6 is 0 Å². The van der Waals surface area contributed by atoms with E-state index >= 15 is 0 Å². The van der Waals surface area contributed by atoms with Crippen LogP contribution in [0.4, 0.5) is 4.79 Å². The number of hydrogen-bond acceptors (Lipinski definition) is 3. The molecule has 1 N–H and O–H groups in total. The third-order valence-corrected chi connectivity index (χ3v) is 5.74. The Morgan fingerprint density at radius 3 is 2.22 bits per heavy atom. The van der Waals surface area contributed by atoms with Gasteiger partial charge in [0.2, 0.25) is 0 Å². The molecular formula is C26H27N5O. The number of carbonyl (C=O) groups is 1. The number of amides is 2. The number of carbonyl (C=O) groups excluding carboxylic acids is 1. The molecule has 6 nitrogen and oxygen atoms in total. The fraction of sp³-hybridized carbons (Fsp3) is 0.192. The Hall–Kier alpha value is -3.93. The molecular weight excluding hydrogens is 398 g/mol. The van der Waals surface area contributed by atoms with Gasteiger partial charge in [-0.15, -0.1) is 0 Å². The van der Waals surface area contributed by atoms with Gasteiger partial charge in [-0.1, -0.05) is 72.8 Å². The summed E-state index contributed by atoms with van der Waals surface area (Å²) in [6.45, 7) is 2.03. The Labute approximate surface area is 188 Å². The van der Waals surface area contributed by atoms with Crippen molar-refractivity contribution in [1.82, 2.24) is 25.0 Å². The van der Waals surface area contributed by atoms with Crippen LogP contribution in [0.3, 0.4) is 0 Å². The molecule has 0 saturated heterocycles. The van der Waals surface area contributed by atoms with E-state index in [0.29, 0.717) is 0 Å². The minimum absolute atomic E-state index is 0.0899. The van der Waals surface area contributed by atoms with Crippen molar-refractivity contribution >= 4 is 6.03 Å². The molecule has 4 aromatic rings. The molecule has 0 aliphatic heterocycles. The first-order chi connectivity index (χ1) is 15.6. The van der Waals surface area contributed by atoms with E-state index in [2.05, 4.69) is 39.7 Å². The number of hydrogen-bond donors (Lipinski definition) is 1. The van der Waals surface area contributed by atoms with Gasteiger partial charge in [0.05, 0.1) is 17.8 Å². The molecule has 162 valence electrons. The van der Waals surface area contributed by atoms with Crippen LogP contribution < -0.4 is 5.32 Å². The lowest BCUT2D eigenvalue weighted by atomic mass is 9.99. The van der Waals surface area contributed by atoms with E-state index < -0.39 is 0 Å². The first kappa shape index (κ1) is 21.3. The predicted molar refractivity (Wildman–Crippen MR) is 125 cm³/mol. The molecule has 0 spiro atoms. The number of nitrogens with one attached hydrogen (secondary N) is 1. The zero-order chi connectivity index (χ0) is 22.3. The van der Waals surface area contributed by atoms with E-state index in [1.165, 1.54) is 11.9 Å². The maximum absolute atomic E-state index is 13.2. The van der Waals surface area contributed by atoms with Gasteiger partial charge >= 0.3 is 6.03 Å². The van der Waals surface area contributed by atoms with Gasteiger partial charge in [0, 0.05) is 7.05 Å². The highest BCUT2D eigenvalue weighted by atomic mass is 16.2. The summed E-state index contributed by atoms with van der Waals surface area (Å²) in [5.41, 5.74) is 4.24. The molecule has 0 radical (unpaired) electrons. The number of aromatic nitrogens is 3. The largest absolute Gasteiger partial charge is 0.331 e. The highest BCUT2D eigenvalue weighted by Crippen LogP contribution is 2.23. The van der Waals surface area contributed by atoms with Crippen molar-refractivity contribution in [2.24, 2.45) is 0 Å². The van der Waals surface area contributed by atoms with E-state index in [4.69, 9.17) is 0 Å². The number of rotatable bonds is 7. The van der Waals surface area contributed by atoms with Crippen molar-refractivity contribution < 1.29 is 4.79 Å². The standard InChI is InChI=1S/C26H27N5O/c1-20(22-13-15-24(16-14-22)31-19-27-18-28-31)30(2)26(32)29-25(23-11-7-4-8-12-23)17-21-9-5-3-6-10-21/h3-16,18-20,25H,17H2,1-2H3,(H,29,32). The van der Waals surface area contributed by atoms with Crippen LogP contribution in [0.1, 0.15) is 35.7 Å². The van der Waals surface area contributed by atoms with E-state index in [1.54, 1.807) is 15.9 Å². The average molecular weight is 426 g/mol. The van der Waals surface area contributed by atoms with Gasteiger partial charge in [-0.3, -0.25) is 0 Å². The molecule has 3 aromatic carbocycles. The van der Waals surface area contributed by atoms with Crippen LogP contribution in [0.2, 0.25) is 0 Å². The molecule has 1 aromatic heterocycles. The van der Waals surface area contributed by atoms with Crippen molar-refractivity contribution in [3.63, 3.8) is 0 Å². The monoisotopic (exact) mass is 425 g/mol. The summed E-state index contributed by atoms with van der Waals surface area (Å²) in [6.07, 6.45) is 3.90. The van der Waals surface area contributed by atoms with Crippen molar-refractivity contribution in [2.45, 2.75) is 25.4 Å². The second-order valence-electron chi connectivity index (χ2n) is 7.82. The van der Waals surface area contributed by atoms with E-state index in [-0.39, 0.29) is 18.1 Å². The SMILES string of the molecule is CC(c1ccc(-n2cncn2)cc1)N(C)C(=O)NC(Cc1ccccc1)c1ccccc1. The first-order valence-corrected chi connectivity index (χ1v) is 10.7. The van der Waals surface area contributed by atoms with Gasteiger partial charge in [-0.2, -0.15) is 5.10 Å². The Kier molecular flexibility index (Phi) is 6.60. The highest BCUT2D eigenvalue weighted by molar-refractivity contribution is 5.75. The van der Waals surface area contributed by atoms with Gasteiger partial charge < -0.3 is 10.2 Å². The normalized spacial score (nSPS) is 12.7. The molecule has 4 rings (SSSR count). The summed E-state index contributed by atoms with van der Waals surface area (Å²) < 4.78 is 1.71. The quantitative estimate of drug-likeness (QED) is 0.455. The molecule has 32 heavy (non-hydrogen) atoms. The third-order valence-electron chi connectivity index (χ3n) is 5.74. The van der Waals surface area contributed by atoms with Crippen LogP contribution in [-0.4, -0.2) is 32.7 Å². The molecule has 6 heteroatoms. The molecule has 2 atom stereocenters. The van der Waals surface area contributed by atoms with Crippen molar-refractivity contribution in [1.29, 1.82) is 0 Å². The topological polar surface area (TPSA) is 63.1 Å². The molecule has 0 bridgehead atoms. The van der Waals surface area contributed by atoms with Crippen molar-refractivity contribution in [2.75, 3.05) is 7.05 Å². The average Bonchev–Trinajstić information content (AvgIpc) is 3.39. The second-order valence-corrected chi connectivity index (χ2v) is 7.82. The van der Waals surface area contributed by atoms with Crippen LogP contribution in [-0.2, 0) is 6.42 Å². The zero-order valence-electron chi connectivity index (χ0n) is 18.3. The summed E-state index contributed by atoms with van der Waals surface area (Å²) >= 11 is 0. The fourth-order valence-electron chi connectivity index (χ4n) is 3.68. The van der Waals surface area contributed by atoms with Crippen LogP contribution in [0.25, 0.3) is 5.69 Å². The Morgan fingerprint density at radius 1 is 0.938 bits per heavy atom. The molecule has 2 amide bonds. The predicted octanol–water partition coefficient (Wildman–Crippen LogP) is 4.95. The van der Waals surface area contributed by atoms with Gasteiger partial charge in [0.15, 0.2) is 0 Å². The van der Waals surface area contributed by atoms with Gasteiger partial charge in [0.25, 0.3) is 0 Å². The highest BCUT2D eigenvalue weighted by Gasteiger charge is 2.22. The Morgan fingerprint density at radius 2 is 1.59 bits per heavy atom. The minimum Gasteiger partial charge on any atom is -0.331 e. The molecule has 2 unspecified atom stereocenters. The van der Waals surface area contributed by atoms with Crippen molar-refractivity contribution in [3.05, 3.63) is 114 Å². The number of benzene rings is 3. The lowest BCUT2D eigenvalue weighted by molar-refractivity contribution is 0.190. The van der Waals surface area contributed by atoms with Gasteiger partial charge in [-0.05, 0) is 42.2 Å². The number of urea groups is 1. The minimum atomic E-state index is -0.115. The maximum atomic E-state index is 13.2. The van der Waals surface area contributed by atoms with Gasteiger partial charge in [-0.25, -0.2) is 14.5 Å². The molecule has 0 fully saturated rings. The summed E-state index contributed by atoms with van der Waals surface area (Å²) in [5.74, 6) is 0. The summed E-state index contributed by atoms with van der Waals surface area (Å²) in [4.78, 5) is 18.9. The summed E-state index contributed by atoms with van der Waals surface area (Å²) in [6, 6.07) is 28.0. The van der Waals surface area contributed by atoms with Crippen LogP contribution in [0, 0.1) is 0 Å². The third kappa shape index (κ3) is 5.03. The van der Waals surface area contributed by atoms with Crippen LogP contribution in [0.15, 0.2) is 97.6 Å². The zero-order valence-corrected chi connectivity index (χ0v) is 18.3. The Balaban J connectivity index is 1.47. The lowest BCUT2D eigenvalue weighted by Crippen LogP contribution is -2.41.